The summed E-state index contributed by atoms with van der Waals surface area (Å²) in [7, 11) is 0. The van der Waals surface area contributed by atoms with Gasteiger partial charge in [0.25, 0.3) is 0 Å². The Kier molecular flexibility index (Phi) is 3.47. The molecule has 4 aliphatic rings. The molecule has 4 saturated carbocycles. The second kappa shape index (κ2) is 5.72. The van der Waals surface area contributed by atoms with Crippen molar-refractivity contribution in [2.45, 2.75) is 45.1 Å². The summed E-state index contributed by atoms with van der Waals surface area (Å²) in [6.45, 7) is 0.685. The number of nitrogens with one attached hydrogen (secondary N) is 1. The van der Waals surface area contributed by atoms with Crippen LogP contribution in [0.5, 0.6) is 0 Å². The maximum atomic E-state index is 13.2. The highest BCUT2D eigenvalue weighted by Crippen LogP contribution is 2.60. The molecule has 4 heteroatoms. The molecule has 1 heterocycles. The van der Waals surface area contributed by atoms with Crippen molar-refractivity contribution in [3.05, 3.63) is 48.2 Å². The minimum absolute atomic E-state index is 0.114. The van der Waals surface area contributed by atoms with E-state index in [1.54, 1.807) is 6.20 Å². The van der Waals surface area contributed by atoms with Crippen LogP contribution in [0.15, 0.2) is 42.6 Å². The fraction of sp³-hybridized carbons (Fsp3) is 0.524. The van der Waals surface area contributed by atoms with Crippen molar-refractivity contribution in [3.63, 3.8) is 0 Å². The van der Waals surface area contributed by atoms with E-state index in [4.69, 9.17) is 0 Å². The van der Waals surface area contributed by atoms with Gasteiger partial charge in [-0.3, -0.25) is 4.79 Å². The zero-order valence-corrected chi connectivity index (χ0v) is 14.5. The van der Waals surface area contributed by atoms with E-state index in [2.05, 4.69) is 22.5 Å². The second-order valence-corrected chi connectivity index (χ2v) is 8.51. The molecule has 0 spiro atoms. The van der Waals surface area contributed by atoms with Gasteiger partial charge in [-0.2, -0.15) is 5.10 Å². The lowest BCUT2D eigenvalue weighted by Crippen LogP contribution is -2.51. The van der Waals surface area contributed by atoms with Gasteiger partial charge in [-0.25, -0.2) is 4.68 Å². The Bertz CT molecular complexity index is 744. The van der Waals surface area contributed by atoms with Crippen LogP contribution in [0.2, 0.25) is 0 Å². The summed E-state index contributed by atoms with van der Waals surface area (Å²) >= 11 is 0. The van der Waals surface area contributed by atoms with Crippen LogP contribution in [0.1, 0.15) is 44.1 Å². The van der Waals surface area contributed by atoms with Crippen LogP contribution in [0.4, 0.5) is 5.82 Å². The summed E-state index contributed by atoms with van der Waals surface area (Å²) in [4.78, 5) is 13.2. The van der Waals surface area contributed by atoms with Gasteiger partial charge in [-0.05, 0) is 61.8 Å². The maximum absolute atomic E-state index is 13.2. The van der Waals surface area contributed by atoms with Crippen molar-refractivity contribution in [1.29, 1.82) is 0 Å². The van der Waals surface area contributed by atoms with Gasteiger partial charge in [0.2, 0.25) is 5.91 Å². The largest absolute Gasteiger partial charge is 0.310 e. The maximum Gasteiger partial charge on any atom is 0.231 e. The van der Waals surface area contributed by atoms with Gasteiger partial charge < -0.3 is 5.32 Å². The molecule has 130 valence electrons. The molecule has 4 aliphatic carbocycles. The first-order chi connectivity index (χ1) is 12.2. The number of hydrogen-bond donors (Lipinski definition) is 1. The summed E-state index contributed by atoms with van der Waals surface area (Å²) in [6.07, 6.45) is 9.14. The van der Waals surface area contributed by atoms with Crippen molar-refractivity contribution in [2.75, 3.05) is 5.32 Å². The third kappa shape index (κ3) is 2.68. The van der Waals surface area contributed by atoms with E-state index in [1.165, 1.54) is 24.8 Å². The van der Waals surface area contributed by atoms with Crippen LogP contribution < -0.4 is 5.32 Å². The van der Waals surface area contributed by atoms with E-state index in [1.807, 2.05) is 28.9 Å². The normalized spacial score (nSPS) is 32.7. The molecule has 4 nitrogen and oxygen atoms in total. The third-order valence-corrected chi connectivity index (χ3v) is 6.65. The van der Waals surface area contributed by atoms with Gasteiger partial charge in [-0.1, -0.05) is 30.3 Å². The molecule has 6 rings (SSSR count). The fourth-order valence-electron chi connectivity index (χ4n) is 5.96. The Morgan fingerprint density at radius 1 is 1.04 bits per heavy atom. The molecule has 1 amide bonds. The quantitative estimate of drug-likeness (QED) is 0.915. The topological polar surface area (TPSA) is 46.9 Å². The van der Waals surface area contributed by atoms with E-state index >= 15 is 0 Å². The first-order valence-electron chi connectivity index (χ1n) is 9.57. The molecule has 25 heavy (non-hydrogen) atoms. The number of amides is 1. The van der Waals surface area contributed by atoms with Gasteiger partial charge in [-0.15, -0.1) is 0 Å². The Hall–Kier alpha value is -2.10. The van der Waals surface area contributed by atoms with Gasteiger partial charge >= 0.3 is 0 Å². The number of anilines is 1. The van der Waals surface area contributed by atoms with Crippen molar-refractivity contribution in [1.82, 2.24) is 9.78 Å². The van der Waals surface area contributed by atoms with Gasteiger partial charge in [0, 0.05) is 6.07 Å². The molecule has 1 N–H and O–H groups in total. The molecule has 0 radical (unpaired) electrons. The number of rotatable bonds is 4. The van der Waals surface area contributed by atoms with Crippen molar-refractivity contribution in [2.24, 2.45) is 23.2 Å². The molecule has 1 aromatic heterocycles. The molecule has 1 aromatic carbocycles. The van der Waals surface area contributed by atoms with Crippen molar-refractivity contribution in [3.8, 4) is 0 Å². The van der Waals surface area contributed by atoms with E-state index in [9.17, 15) is 4.79 Å². The van der Waals surface area contributed by atoms with Crippen LogP contribution in [0.25, 0.3) is 0 Å². The second-order valence-electron chi connectivity index (χ2n) is 8.51. The van der Waals surface area contributed by atoms with E-state index in [0.717, 1.165) is 42.8 Å². The fourth-order valence-corrected chi connectivity index (χ4v) is 5.96. The first kappa shape index (κ1) is 15.2. The van der Waals surface area contributed by atoms with E-state index in [0.29, 0.717) is 6.54 Å². The third-order valence-electron chi connectivity index (χ3n) is 6.65. The summed E-state index contributed by atoms with van der Waals surface area (Å²) in [5, 5.41) is 7.64. The summed E-state index contributed by atoms with van der Waals surface area (Å²) in [5.74, 6) is 3.41. The predicted octanol–water partition coefficient (Wildman–Crippen LogP) is 4.09. The highest BCUT2D eigenvalue weighted by molar-refractivity contribution is 5.95. The lowest BCUT2D eigenvalue weighted by Gasteiger charge is -2.55. The highest BCUT2D eigenvalue weighted by Gasteiger charge is 2.54. The minimum Gasteiger partial charge on any atom is -0.310 e. The van der Waals surface area contributed by atoms with Crippen LogP contribution in [-0.2, 0) is 11.3 Å². The van der Waals surface area contributed by atoms with Gasteiger partial charge in [0.1, 0.15) is 5.82 Å². The highest BCUT2D eigenvalue weighted by atomic mass is 16.2. The summed E-state index contributed by atoms with van der Waals surface area (Å²) < 4.78 is 1.90. The van der Waals surface area contributed by atoms with Crippen molar-refractivity contribution < 1.29 is 4.79 Å². The number of hydrogen-bond acceptors (Lipinski definition) is 2. The smallest absolute Gasteiger partial charge is 0.231 e. The first-order valence-corrected chi connectivity index (χ1v) is 9.57. The van der Waals surface area contributed by atoms with E-state index in [-0.39, 0.29) is 11.3 Å². The predicted molar refractivity (Wildman–Crippen MR) is 97.0 cm³/mol. The van der Waals surface area contributed by atoms with Crippen molar-refractivity contribution >= 4 is 11.7 Å². The number of carbonyl (C=O) groups is 1. The summed E-state index contributed by atoms with van der Waals surface area (Å²) in [6, 6.07) is 12.2. The Morgan fingerprint density at radius 2 is 1.68 bits per heavy atom. The SMILES string of the molecule is O=C(Nc1ccnn1Cc1ccccc1)C12CC3CC(CC(C3)C1)C2. The summed E-state index contributed by atoms with van der Waals surface area (Å²) in [5.41, 5.74) is 1.08. The molecule has 2 aromatic rings. The minimum atomic E-state index is -0.114. The lowest BCUT2D eigenvalue weighted by molar-refractivity contribution is -0.140. The number of nitrogens with zero attached hydrogens (tertiary/aromatic N) is 2. The van der Waals surface area contributed by atoms with Gasteiger partial charge in [0.05, 0.1) is 18.2 Å². The average Bonchev–Trinajstić information content (AvgIpc) is 3.01. The van der Waals surface area contributed by atoms with Crippen LogP contribution >= 0.6 is 0 Å². The molecule has 0 saturated heterocycles. The standard InChI is InChI=1S/C21H25N3O/c25-20(21-11-16-8-17(12-21)10-18(9-16)13-21)23-19-6-7-22-24(19)14-15-4-2-1-3-5-15/h1-7,16-18H,8-14H2,(H,23,25). The number of benzene rings is 1. The number of carbonyl (C=O) groups excluding carboxylic acids is 1. The zero-order valence-electron chi connectivity index (χ0n) is 14.5. The molecule has 4 bridgehead atoms. The molecule has 4 fully saturated rings. The Morgan fingerprint density at radius 3 is 2.32 bits per heavy atom. The molecular formula is C21H25N3O. The lowest BCUT2D eigenvalue weighted by atomic mass is 9.49. The zero-order chi connectivity index (χ0) is 16.9. The molecule has 0 atom stereocenters. The van der Waals surface area contributed by atoms with Crippen LogP contribution in [-0.4, -0.2) is 15.7 Å². The van der Waals surface area contributed by atoms with Gasteiger partial charge in [0.15, 0.2) is 0 Å². The Balaban J connectivity index is 1.34. The van der Waals surface area contributed by atoms with Crippen LogP contribution in [0, 0.1) is 23.2 Å². The monoisotopic (exact) mass is 335 g/mol. The number of aromatic nitrogens is 2. The van der Waals surface area contributed by atoms with E-state index < -0.39 is 0 Å². The van der Waals surface area contributed by atoms with Crippen LogP contribution in [0.3, 0.4) is 0 Å². The molecule has 0 aliphatic heterocycles. The molecular weight excluding hydrogens is 310 g/mol. The molecule has 0 unspecified atom stereocenters. The Labute approximate surface area is 148 Å². The average molecular weight is 335 g/mol.